The minimum atomic E-state index is -0.181. The van der Waals surface area contributed by atoms with E-state index in [1.54, 1.807) is 4.90 Å². The predicted molar refractivity (Wildman–Crippen MR) is 107 cm³/mol. The van der Waals surface area contributed by atoms with Crippen LogP contribution in [0.3, 0.4) is 0 Å². The number of benzene rings is 2. The number of rotatable bonds is 6. The summed E-state index contributed by atoms with van der Waals surface area (Å²) < 4.78 is 0. The predicted octanol–water partition coefficient (Wildman–Crippen LogP) is 4.49. The van der Waals surface area contributed by atoms with E-state index in [4.69, 9.17) is 0 Å². The van der Waals surface area contributed by atoms with E-state index in [-0.39, 0.29) is 24.4 Å². The Labute approximate surface area is 156 Å². The van der Waals surface area contributed by atoms with Crippen LogP contribution >= 0.6 is 0 Å². The van der Waals surface area contributed by atoms with E-state index in [0.717, 1.165) is 28.8 Å². The smallest absolute Gasteiger partial charge is 0.254 e. The van der Waals surface area contributed by atoms with Gasteiger partial charge in [0, 0.05) is 17.3 Å². The van der Waals surface area contributed by atoms with Crippen LogP contribution in [0.5, 0.6) is 0 Å². The lowest BCUT2D eigenvalue weighted by molar-refractivity contribution is -0.117. The highest BCUT2D eigenvalue weighted by atomic mass is 16.2. The Bertz CT molecular complexity index is 781. The van der Waals surface area contributed by atoms with Crippen LogP contribution in [0.15, 0.2) is 42.5 Å². The van der Waals surface area contributed by atoms with Crippen LogP contribution < -0.4 is 5.32 Å². The van der Waals surface area contributed by atoms with Crippen molar-refractivity contribution in [3.05, 3.63) is 64.7 Å². The number of hydrogen-bond donors (Lipinski definition) is 1. The summed E-state index contributed by atoms with van der Waals surface area (Å²) in [6.07, 6.45) is 0.786. The minimum absolute atomic E-state index is 0.0202. The van der Waals surface area contributed by atoms with Crippen molar-refractivity contribution < 1.29 is 9.59 Å². The largest absolute Gasteiger partial charge is 0.327 e. The molecule has 0 saturated heterocycles. The van der Waals surface area contributed by atoms with Crippen LogP contribution in [0.4, 0.5) is 5.69 Å². The van der Waals surface area contributed by atoms with E-state index < -0.39 is 0 Å². The van der Waals surface area contributed by atoms with Gasteiger partial charge < -0.3 is 10.2 Å². The average molecular weight is 352 g/mol. The second-order valence-electron chi connectivity index (χ2n) is 6.85. The second kappa shape index (κ2) is 8.65. The Morgan fingerprint density at radius 2 is 1.69 bits per heavy atom. The van der Waals surface area contributed by atoms with Crippen molar-refractivity contribution in [2.75, 3.05) is 11.9 Å². The number of nitrogens with one attached hydrogen (secondary N) is 1. The molecule has 2 amide bonds. The van der Waals surface area contributed by atoms with E-state index in [2.05, 4.69) is 5.32 Å². The highest BCUT2D eigenvalue weighted by molar-refractivity contribution is 5.99. The maximum absolute atomic E-state index is 12.9. The molecule has 4 heteroatoms. The molecule has 1 unspecified atom stereocenters. The maximum Gasteiger partial charge on any atom is 0.254 e. The third kappa shape index (κ3) is 4.72. The van der Waals surface area contributed by atoms with Crippen molar-refractivity contribution in [1.29, 1.82) is 0 Å². The highest BCUT2D eigenvalue weighted by Gasteiger charge is 2.23. The zero-order valence-electron chi connectivity index (χ0n) is 16.3. The number of carbonyl (C=O) groups is 2. The summed E-state index contributed by atoms with van der Waals surface area (Å²) in [6.45, 7) is 10.00. The van der Waals surface area contributed by atoms with E-state index >= 15 is 0 Å². The Morgan fingerprint density at radius 3 is 2.31 bits per heavy atom. The van der Waals surface area contributed by atoms with Crippen molar-refractivity contribution in [2.45, 2.75) is 47.1 Å². The Hall–Kier alpha value is -2.62. The molecule has 26 heavy (non-hydrogen) atoms. The van der Waals surface area contributed by atoms with Crippen LogP contribution in [0.25, 0.3) is 0 Å². The van der Waals surface area contributed by atoms with Crippen molar-refractivity contribution in [2.24, 2.45) is 0 Å². The molecule has 1 N–H and O–H groups in total. The fraction of sp³-hybridized carbons (Fsp3) is 0.364. The van der Waals surface area contributed by atoms with Gasteiger partial charge in [-0.2, -0.15) is 0 Å². The first-order chi connectivity index (χ1) is 12.3. The SMILES string of the molecule is CCC(C)N(CC(=O)Nc1cccc(C)c1C)C(=O)c1ccc(C)cc1. The number of hydrogen-bond acceptors (Lipinski definition) is 2. The number of nitrogens with zero attached hydrogens (tertiary/aromatic N) is 1. The van der Waals surface area contributed by atoms with Crippen LogP contribution in [-0.2, 0) is 4.79 Å². The summed E-state index contributed by atoms with van der Waals surface area (Å²) in [5, 5.41) is 2.94. The van der Waals surface area contributed by atoms with Gasteiger partial charge in [-0.3, -0.25) is 9.59 Å². The molecule has 2 aromatic carbocycles. The molecule has 4 nitrogen and oxygen atoms in total. The molecule has 2 aromatic rings. The normalized spacial score (nSPS) is 11.7. The quantitative estimate of drug-likeness (QED) is 0.832. The van der Waals surface area contributed by atoms with Gasteiger partial charge in [0.15, 0.2) is 0 Å². The third-order valence-electron chi connectivity index (χ3n) is 4.87. The molecular formula is C22H28N2O2. The van der Waals surface area contributed by atoms with Crippen LogP contribution in [0, 0.1) is 20.8 Å². The lowest BCUT2D eigenvalue weighted by Crippen LogP contribution is -2.43. The number of aryl methyl sites for hydroxylation is 2. The van der Waals surface area contributed by atoms with Gasteiger partial charge in [-0.25, -0.2) is 0 Å². The Balaban J connectivity index is 2.16. The fourth-order valence-electron chi connectivity index (χ4n) is 2.74. The van der Waals surface area contributed by atoms with Crippen molar-refractivity contribution in [1.82, 2.24) is 4.90 Å². The molecule has 0 bridgehead atoms. The van der Waals surface area contributed by atoms with Crippen molar-refractivity contribution in [3.8, 4) is 0 Å². The minimum Gasteiger partial charge on any atom is -0.327 e. The van der Waals surface area contributed by atoms with Gasteiger partial charge in [0.1, 0.15) is 6.54 Å². The highest BCUT2D eigenvalue weighted by Crippen LogP contribution is 2.18. The molecule has 138 valence electrons. The van der Waals surface area contributed by atoms with Gasteiger partial charge in [0.25, 0.3) is 5.91 Å². The fourth-order valence-corrected chi connectivity index (χ4v) is 2.74. The molecule has 0 aromatic heterocycles. The molecule has 1 atom stereocenters. The molecule has 0 aliphatic rings. The first-order valence-corrected chi connectivity index (χ1v) is 9.07. The van der Waals surface area contributed by atoms with E-state index in [1.807, 2.05) is 77.1 Å². The van der Waals surface area contributed by atoms with Crippen molar-refractivity contribution >= 4 is 17.5 Å². The van der Waals surface area contributed by atoms with Crippen LogP contribution in [-0.4, -0.2) is 29.3 Å². The van der Waals surface area contributed by atoms with Gasteiger partial charge in [0.05, 0.1) is 0 Å². The first-order valence-electron chi connectivity index (χ1n) is 9.07. The summed E-state index contributed by atoms with van der Waals surface area (Å²) in [4.78, 5) is 27.1. The summed E-state index contributed by atoms with van der Waals surface area (Å²) in [5.41, 5.74) is 4.67. The zero-order chi connectivity index (χ0) is 19.3. The lowest BCUT2D eigenvalue weighted by atomic mass is 10.1. The topological polar surface area (TPSA) is 49.4 Å². The summed E-state index contributed by atoms with van der Waals surface area (Å²) >= 11 is 0. The molecule has 0 radical (unpaired) electrons. The summed E-state index contributed by atoms with van der Waals surface area (Å²) in [6, 6.07) is 13.3. The van der Waals surface area contributed by atoms with Gasteiger partial charge in [-0.1, -0.05) is 36.8 Å². The zero-order valence-corrected chi connectivity index (χ0v) is 16.3. The van der Waals surface area contributed by atoms with Gasteiger partial charge in [-0.05, 0) is 63.4 Å². The second-order valence-corrected chi connectivity index (χ2v) is 6.85. The molecule has 0 aliphatic carbocycles. The van der Waals surface area contributed by atoms with Gasteiger partial charge >= 0.3 is 0 Å². The Kier molecular flexibility index (Phi) is 6.56. The number of carbonyl (C=O) groups excluding carboxylic acids is 2. The molecule has 0 heterocycles. The average Bonchev–Trinajstić information content (AvgIpc) is 2.63. The monoisotopic (exact) mass is 352 g/mol. The summed E-state index contributed by atoms with van der Waals surface area (Å²) in [7, 11) is 0. The Morgan fingerprint density at radius 1 is 1.04 bits per heavy atom. The number of anilines is 1. The molecule has 0 aliphatic heterocycles. The van der Waals surface area contributed by atoms with E-state index in [9.17, 15) is 9.59 Å². The maximum atomic E-state index is 12.9. The van der Waals surface area contributed by atoms with Crippen molar-refractivity contribution in [3.63, 3.8) is 0 Å². The molecule has 0 saturated carbocycles. The standard InChI is InChI=1S/C22H28N2O2/c1-6-17(4)24(22(26)19-12-10-15(2)11-13-19)14-21(25)23-20-9-7-8-16(3)18(20)5/h7-13,17H,6,14H2,1-5H3,(H,23,25). The molecular weight excluding hydrogens is 324 g/mol. The van der Waals surface area contributed by atoms with Gasteiger partial charge in [-0.15, -0.1) is 0 Å². The first kappa shape index (κ1) is 19.7. The molecule has 0 fully saturated rings. The van der Waals surface area contributed by atoms with Crippen LogP contribution in [0.1, 0.15) is 47.3 Å². The molecule has 2 rings (SSSR count). The third-order valence-corrected chi connectivity index (χ3v) is 4.87. The number of amides is 2. The lowest BCUT2D eigenvalue weighted by Gasteiger charge is -2.28. The summed E-state index contributed by atoms with van der Waals surface area (Å²) in [5.74, 6) is -0.296. The molecule has 0 spiro atoms. The van der Waals surface area contributed by atoms with Gasteiger partial charge in [0.2, 0.25) is 5.91 Å². The van der Waals surface area contributed by atoms with E-state index in [0.29, 0.717) is 5.56 Å². The van der Waals surface area contributed by atoms with Crippen LogP contribution in [0.2, 0.25) is 0 Å². The van der Waals surface area contributed by atoms with E-state index in [1.165, 1.54) is 0 Å².